The summed E-state index contributed by atoms with van der Waals surface area (Å²) in [6.45, 7) is 2.94. The maximum Gasteiger partial charge on any atom is 0.125 e. The van der Waals surface area contributed by atoms with Crippen molar-refractivity contribution in [2.45, 2.75) is 23.5 Å². The summed E-state index contributed by atoms with van der Waals surface area (Å²) in [5, 5.41) is 11.9. The van der Waals surface area contributed by atoms with Crippen LogP contribution < -0.4 is 0 Å². The minimum atomic E-state index is -0.789. The molecule has 4 rings (SSSR count). The van der Waals surface area contributed by atoms with Crippen molar-refractivity contribution in [1.82, 2.24) is 14.9 Å². The zero-order valence-corrected chi connectivity index (χ0v) is 10.8. The van der Waals surface area contributed by atoms with Crippen LogP contribution >= 0.6 is 11.8 Å². The molecule has 3 saturated heterocycles. The van der Waals surface area contributed by atoms with Gasteiger partial charge in [-0.1, -0.05) is 0 Å². The maximum absolute atomic E-state index is 11.0. The third-order valence-corrected chi connectivity index (χ3v) is 4.68. The van der Waals surface area contributed by atoms with E-state index in [2.05, 4.69) is 14.9 Å². The van der Waals surface area contributed by atoms with Gasteiger partial charge in [0.2, 0.25) is 0 Å². The van der Waals surface area contributed by atoms with E-state index in [1.165, 1.54) is 0 Å². The molecule has 0 amide bonds. The second-order valence-corrected chi connectivity index (χ2v) is 5.68. The smallest absolute Gasteiger partial charge is 0.125 e. The first kappa shape index (κ1) is 11.4. The topological polar surface area (TPSA) is 49.3 Å². The third-order valence-electron chi connectivity index (χ3n) is 4.00. The first-order valence-corrected chi connectivity index (χ1v) is 7.27. The van der Waals surface area contributed by atoms with Gasteiger partial charge < -0.3 is 10.0 Å². The van der Waals surface area contributed by atoms with Crippen molar-refractivity contribution in [3.63, 3.8) is 0 Å². The highest BCUT2D eigenvalue weighted by Crippen LogP contribution is 2.43. The summed E-state index contributed by atoms with van der Waals surface area (Å²) in [7, 11) is 0. The molecule has 3 aliphatic rings. The molecule has 1 aromatic heterocycles. The van der Waals surface area contributed by atoms with E-state index in [-0.39, 0.29) is 0 Å². The molecular weight excluding hydrogens is 234 g/mol. The van der Waals surface area contributed by atoms with E-state index in [0.29, 0.717) is 12.5 Å². The van der Waals surface area contributed by atoms with Crippen molar-refractivity contribution in [1.29, 1.82) is 0 Å². The highest BCUT2D eigenvalue weighted by Gasteiger charge is 2.48. The van der Waals surface area contributed by atoms with Crippen LogP contribution in [-0.2, 0) is 5.60 Å². The molecule has 1 unspecified atom stereocenters. The van der Waals surface area contributed by atoms with Crippen molar-refractivity contribution < 1.29 is 5.11 Å². The van der Waals surface area contributed by atoms with Crippen molar-refractivity contribution in [2.24, 2.45) is 5.92 Å². The molecule has 1 N–H and O–H groups in total. The molecule has 0 aliphatic carbocycles. The van der Waals surface area contributed by atoms with Gasteiger partial charge in [-0.25, -0.2) is 4.98 Å². The number of hydrogen-bond donors (Lipinski definition) is 1. The Hall–Kier alpha value is -0.650. The van der Waals surface area contributed by atoms with E-state index in [1.54, 1.807) is 24.2 Å². The zero-order valence-electron chi connectivity index (χ0n) is 9.96. The fourth-order valence-electron chi connectivity index (χ4n) is 3.08. The molecule has 5 heteroatoms. The van der Waals surface area contributed by atoms with E-state index < -0.39 is 5.60 Å². The Balaban J connectivity index is 2.02. The minimum absolute atomic E-state index is 0.343. The first-order chi connectivity index (χ1) is 8.24. The Labute approximate surface area is 105 Å². The average molecular weight is 251 g/mol. The van der Waals surface area contributed by atoms with Gasteiger partial charge in [0.05, 0.1) is 0 Å². The lowest BCUT2D eigenvalue weighted by Crippen LogP contribution is -2.57. The van der Waals surface area contributed by atoms with Gasteiger partial charge in [-0.2, -0.15) is 0 Å². The van der Waals surface area contributed by atoms with Crippen molar-refractivity contribution in [2.75, 3.05) is 25.9 Å². The number of piperidine rings is 3. The Morgan fingerprint density at radius 2 is 2.06 bits per heavy atom. The summed E-state index contributed by atoms with van der Waals surface area (Å²) in [6.07, 6.45) is 7.50. The van der Waals surface area contributed by atoms with E-state index in [1.807, 2.05) is 6.26 Å². The standard InChI is InChI=1S/C12H17N3OS/c1-17-11-10(13-4-5-14-11)12(16)8-15-6-2-9(12)3-7-15/h4-5,9,16H,2-3,6-8H2,1H3. The number of rotatable bonds is 2. The number of aliphatic hydroxyl groups is 1. The molecule has 0 saturated carbocycles. The van der Waals surface area contributed by atoms with Crippen LogP contribution in [0.3, 0.4) is 0 Å². The molecule has 0 spiro atoms. The molecule has 0 aromatic carbocycles. The lowest BCUT2D eigenvalue weighted by atomic mass is 9.73. The van der Waals surface area contributed by atoms with Crippen LogP contribution in [0, 0.1) is 5.92 Å². The van der Waals surface area contributed by atoms with E-state index >= 15 is 0 Å². The lowest BCUT2D eigenvalue weighted by Gasteiger charge is -2.50. The van der Waals surface area contributed by atoms with Gasteiger partial charge >= 0.3 is 0 Å². The summed E-state index contributed by atoms with van der Waals surface area (Å²) in [4.78, 5) is 11.1. The Bertz CT molecular complexity index is 420. The van der Waals surface area contributed by atoms with Crippen LogP contribution in [0.1, 0.15) is 18.5 Å². The fourth-order valence-corrected chi connectivity index (χ4v) is 3.67. The summed E-state index contributed by atoms with van der Waals surface area (Å²) in [5.74, 6) is 0.343. The van der Waals surface area contributed by atoms with Gasteiger partial charge in [0, 0.05) is 18.9 Å². The van der Waals surface area contributed by atoms with Gasteiger partial charge in [0.25, 0.3) is 0 Å². The van der Waals surface area contributed by atoms with Crippen LogP contribution in [0.15, 0.2) is 17.4 Å². The zero-order chi connectivity index (χ0) is 11.9. The highest BCUT2D eigenvalue weighted by molar-refractivity contribution is 7.98. The quantitative estimate of drug-likeness (QED) is 0.798. The highest BCUT2D eigenvalue weighted by atomic mass is 32.2. The van der Waals surface area contributed by atoms with Crippen LogP contribution in [0.5, 0.6) is 0 Å². The molecule has 2 bridgehead atoms. The predicted octanol–water partition coefficient (Wildman–Crippen LogP) is 1.11. The largest absolute Gasteiger partial charge is 0.382 e. The summed E-state index contributed by atoms with van der Waals surface area (Å²) >= 11 is 1.56. The van der Waals surface area contributed by atoms with Crippen molar-refractivity contribution in [3.05, 3.63) is 18.1 Å². The van der Waals surface area contributed by atoms with Gasteiger partial charge in [0.1, 0.15) is 16.3 Å². The first-order valence-electron chi connectivity index (χ1n) is 6.04. The van der Waals surface area contributed by atoms with E-state index in [9.17, 15) is 5.11 Å². The van der Waals surface area contributed by atoms with Gasteiger partial charge in [-0.05, 0) is 38.1 Å². The molecule has 4 heterocycles. The molecule has 92 valence electrons. The van der Waals surface area contributed by atoms with Gasteiger partial charge in [-0.15, -0.1) is 11.8 Å². The number of thioether (sulfide) groups is 1. The van der Waals surface area contributed by atoms with Crippen LogP contribution in [-0.4, -0.2) is 45.9 Å². The molecule has 17 heavy (non-hydrogen) atoms. The second-order valence-electron chi connectivity index (χ2n) is 4.89. The summed E-state index contributed by atoms with van der Waals surface area (Å²) < 4.78 is 0. The SMILES string of the molecule is CSc1nccnc1C1(O)CN2CCC1CC2. The molecule has 0 radical (unpaired) electrons. The minimum Gasteiger partial charge on any atom is -0.382 e. The fraction of sp³-hybridized carbons (Fsp3) is 0.667. The Morgan fingerprint density at radius 1 is 1.35 bits per heavy atom. The molecule has 4 nitrogen and oxygen atoms in total. The summed E-state index contributed by atoms with van der Waals surface area (Å²) in [5.41, 5.74) is -0.00905. The van der Waals surface area contributed by atoms with E-state index in [0.717, 1.165) is 36.7 Å². The van der Waals surface area contributed by atoms with Crippen LogP contribution in [0.4, 0.5) is 0 Å². The molecule has 3 aliphatic heterocycles. The van der Waals surface area contributed by atoms with Crippen molar-refractivity contribution >= 4 is 11.8 Å². The number of hydrogen-bond acceptors (Lipinski definition) is 5. The van der Waals surface area contributed by atoms with Gasteiger partial charge in [0.15, 0.2) is 0 Å². The molecular formula is C12H17N3OS. The number of fused-ring (bicyclic) bond motifs is 3. The monoisotopic (exact) mass is 251 g/mol. The maximum atomic E-state index is 11.0. The molecule has 3 fully saturated rings. The Kier molecular flexibility index (Phi) is 2.84. The van der Waals surface area contributed by atoms with Gasteiger partial charge in [-0.3, -0.25) is 4.98 Å². The molecule has 1 aromatic rings. The Morgan fingerprint density at radius 3 is 2.65 bits per heavy atom. The third kappa shape index (κ3) is 1.77. The second kappa shape index (κ2) is 4.23. The number of aromatic nitrogens is 2. The number of nitrogens with zero attached hydrogens (tertiary/aromatic N) is 3. The normalized spacial score (nSPS) is 36.1. The predicted molar refractivity (Wildman–Crippen MR) is 66.9 cm³/mol. The van der Waals surface area contributed by atoms with Crippen LogP contribution in [0.25, 0.3) is 0 Å². The van der Waals surface area contributed by atoms with Crippen molar-refractivity contribution in [3.8, 4) is 0 Å². The average Bonchev–Trinajstić information content (AvgIpc) is 2.40. The van der Waals surface area contributed by atoms with E-state index in [4.69, 9.17) is 0 Å². The summed E-state index contributed by atoms with van der Waals surface area (Å²) in [6, 6.07) is 0. The van der Waals surface area contributed by atoms with Crippen LogP contribution in [0.2, 0.25) is 0 Å². The molecule has 1 atom stereocenters. The lowest BCUT2D eigenvalue weighted by molar-refractivity contribution is -0.122.